The van der Waals surface area contributed by atoms with Crippen LogP contribution >= 0.6 is 0 Å². The molecule has 3 amide bonds. The smallest absolute Gasteiger partial charge is 0.255 e. The summed E-state index contributed by atoms with van der Waals surface area (Å²) in [7, 11) is 0. The first-order chi connectivity index (χ1) is 12.3. The number of carbonyl (C=O) groups is 3. The Kier molecular flexibility index (Phi) is 4.08. The van der Waals surface area contributed by atoms with E-state index in [0.29, 0.717) is 24.6 Å². The number of nitrogens with zero attached hydrogens (tertiary/aromatic N) is 1. The fraction of sp³-hybridized carbons (Fsp3) is 0.526. The molecule has 2 aliphatic heterocycles. The largest absolute Gasteiger partial charge is 0.325 e. The van der Waals surface area contributed by atoms with E-state index in [9.17, 15) is 14.4 Å². The summed E-state index contributed by atoms with van der Waals surface area (Å²) < 4.78 is 0. The van der Waals surface area contributed by atoms with Crippen LogP contribution in [0.3, 0.4) is 0 Å². The molecular weight excluding hydrogens is 332 g/mol. The number of benzene rings is 1. The monoisotopic (exact) mass is 356 g/mol. The van der Waals surface area contributed by atoms with Gasteiger partial charge in [-0.15, -0.1) is 0 Å². The summed E-state index contributed by atoms with van der Waals surface area (Å²) in [4.78, 5) is 37.6. The van der Waals surface area contributed by atoms with Crippen LogP contribution in [0.2, 0.25) is 0 Å². The molecule has 4 rings (SSSR count). The van der Waals surface area contributed by atoms with E-state index in [-0.39, 0.29) is 29.7 Å². The number of hydrogen-bond donors (Lipinski definition) is 3. The predicted molar refractivity (Wildman–Crippen MR) is 94.9 cm³/mol. The minimum Gasteiger partial charge on any atom is -0.325 e. The zero-order chi connectivity index (χ0) is 18.5. The van der Waals surface area contributed by atoms with Gasteiger partial charge in [0.1, 0.15) is 6.04 Å². The summed E-state index contributed by atoms with van der Waals surface area (Å²) in [6, 6.07) is 5.71. The van der Waals surface area contributed by atoms with Gasteiger partial charge < -0.3 is 16.0 Å². The number of amides is 3. The fourth-order valence-corrected chi connectivity index (χ4v) is 4.21. The maximum Gasteiger partial charge on any atom is 0.255 e. The molecule has 1 unspecified atom stereocenters. The van der Waals surface area contributed by atoms with Gasteiger partial charge in [-0.25, -0.2) is 0 Å². The van der Waals surface area contributed by atoms with E-state index in [1.807, 2.05) is 18.2 Å². The molecular formula is C19H24N4O3. The topological polar surface area (TPSA) is 105 Å². The first-order valence-corrected chi connectivity index (χ1v) is 9.11. The average Bonchev–Trinajstić information content (AvgIpc) is 2.87. The second-order valence-electron chi connectivity index (χ2n) is 8.03. The summed E-state index contributed by atoms with van der Waals surface area (Å²) in [6.07, 6.45) is 2.60. The molecule has 7 nitrogen and oxygen atoms in total. The summed E-state index contributed by atoms with van der Waals surface area (Å²) in [5.41, 5.74) is 8.70. The number of nitrogens with two attached hydrogens (primary N) is 1. The van der Waals surface area contributed by atoms with Crippen molar-refractivity contribution in [1.82, 2.24) is 15.5 Å². The molecule has 2 heterocycles. The zero-order valence-corrected chi connectivity index (χ0v) is 14.9. The van der Waals surface area contributed by atoms with E-state index in [0.717, 1.165) is 30.5 Å². The summed E-state index contributed by atoms with van der Waals surface area (Å²) in [5, 5.41) is 5.82. The van der Waals surface area contributed by atoms with Crippen molar-refractivity contribution in [2.75, 3.05) is 0 Å². The van der Waals surface area contributed by atoms with Crippen molar-refractivity contribution >= 4 is 17.7 Å². The minimum absolute atomic E-state index is 0.0511. The van der Waals surface area contributed by atoms with E-state index in [1.165, 1.54) is 0 Å². The third kappa shape index (κ3) is 3.12. The van der Waals surface area contributed by atoms with Crippen molar-refractivity contribution in [3.05, 3.63) is 34.9 Å². The maximum atomic E-state index is 12.7. The third-order valence-corrected chi connectivity index (χ3v) is 5.61. The lowest BCUT2D eigenvalue weighted by molar-refractivity contribution is -0.136. The Morgan fingerprint density at radius 1 is 1.31 bits per heavy atom. The maximum absolute atomic E-state index is 12.7. The SMILES string of the molecule is CC1(N)CC(NCc2ccc3c(c2)CN(C2CCC(=O)NC2=O)C3=O)C1. The molecule has 1 aromatic carbocycles. The normalized spacial score (nSPS) is 30.8. The van der Waals surface area contributed by atoms with Crippen LogP contribution in [0.25, 0.3) is 0 Å². The number of carbonyl (C=O) groups excluding carboxylic acids is 3. The van der Waals surface area contributed by atoms with E-state index in [4.69, 9.17) is 5.73 Å². The van der Waals surface area contributed by atoms with Gasteiger partial charge in [0.2, 0.25) is 11.8 Å². The van der Waals surface area contributed by atoms with Crippen LogP contribution in [-0.4, -0.2) is 40.2 Å². The number of rotatable bonds is 4. The molecule has 0 aromatic heterocycles. The van der Waals surface area contributed by atoms with Crippen molar-refractivity contribution in [2.24, 2.45) is 5.73 Å². The molecule has 0 bridgehead atoms. The van der Waals surface area contributed by atoms with Crippen LogP contribution in [0.1, 0.15) is 54.1 Å². The second-order valence-corrected chi connectivity index (χ2v) is 8.03. The van der Waals surface area contributed by atoms with E-state index < -0.39 is 6.04 Å². The van der Waals surface area contributed by atoms with Crippen LogP contribution in [0.4, 0.5) is 0 Å². The van der Waals surface area contributed by atoms with Gasteiger partial charge in [0.25, 0.3) is 5.91 Å². The molecule has 1 aromatic rings. The summed E-state index contributed by atoms with van der Waals surface area (Å²) in [5.74, 6) is -0.778. The Morgan fingerprint density at radius 3 is 2.77 bits per heavy atom. The van der Waals surface area contributed by atoms with Gasteiger partial charge in [-0.2, -0.15) is 0 Å². The minimum atomic E-state index is -0.564. The highest BCUT2D eigenvalue weighted by atomic mass is 16.2. The van der Waals surface area contributed by atoms with Gasteiger partial charge in [0.05, 0.1) is 0 Å². The van der Waals surface area contributed by atoms with Crippen LogP contribution in [-0.2, 0) is 22.7 Å². The predicted octanol–water partition coefficient (Wildman–Crippen LogP) is 0.417. The lowest BCUT2D eigenvalue weighted by Gasteiger charge is -2.42. The van der Waals surface area contributed by atoms with E-state index >= 15 is 0 Å². The molecule has 2 fully saturated rings. The highest BCUT2D eigenvalue weighted by molar-refractivity contribution is 6.05. The molecule has 138 valence electrons. The highest BCUT2D eigenvalue weighted by Gasteiger charge is 2.39. The Bertz CT molecular complexity index is 781. The third-order valence-electron chi connectivity index (χ3n) is 5.61. The molecule has 1 saturated heterocycles. The van der Waals surface area contributed by atoms with Gasteiger partial charge in [0.15, 0.2) is 0 Å². The highest BCUT2D eigenvalue weighted by Crippen LogP contribution is 2.30. The quantitative estimate of drug-likeness (QED) is 0.678. The standard InChI is InChI=1S/C19H24N4O3/c1-19(20)7-13(8-19)21-9-11-2-3-14-12(6-11)10-23(18(14)26)15-4-5-16(24)22-17(15)25/h2-3,6,13,15,21H,4-5,7-10,20H2,1H3,(H,22,24,25). The number of piperidine rings is 1. The molecule has 1 aliphatic carbocycles. The first kappa shape index (κ1) is 17.2. The number of nitrogens with one attached hydrogen (secondary N) is 2. The Morgan fingerprint density at radius 2 is 2.08 bits per heavy atom. The Hall–Kier alpha value is -2.25. The number of fused-ring (bicyclic) bond motifs is 1. The van der Waals surface area contributed by atoms with Gasteiger partial charge in [0, 0.05) is 36.7 Å². The summed E-state index contributed by atoms with van der Waals surface area (Å²) >= 11 is 0. The molecule has 26 heavy (non-hydrogen) atoms. The van der Waals surface area contributed by atoms with Crippen LogP contribution in [0.5, 0.6) is 0 Å². The lowest BCUT2D eigenvalue weighted by Crippen LogP contribution is -2.57. The van der Waals surface area contributed by atoms with Crippen LogP contribution in [0.15, 0.2) is 18.2 Å². The fourth-order valence-electron chi connectivity index (χ4n) is 4.21. The lowest BCUT2D eigenvalue weighted by atomic mass is 9.75. The second kappa shape index (κ2) is 6.17. The number of hydrogen-bond acceptors (Lipinski definition) is 5. The molecule has 7 heteroatoms. The molecule has 3 aliphatic rings. The zero-order valence-electron chi connectivity index (χ0n) is 14.9. The first-order valence-electron chi connectivity index (χ1n) is 9.11. The van der Waals surface area contributed by atoms with E-state index in [2.05, 4.69) is 17.6 Å². The van der Waals surface area contributed by atoms with Crippen molar-refractivity contribution in [1.29, 1.82) is 0 Å². The van der Waals surface area contributed by atoms with E-state index in [1.54, 1.807) is 4.90 Å². The Labute approximate surface area is 152 Å². The molecule has 1 saturated carbocycles. The van der Waals surface area contributed by atoms with Crippen LogP contribution < -0.4 is 16.4 Å². The Balaban J connectivity index is 1.42. The number of imide groups is 1. The van der Waals surface area contributed by atoms with Gasteiger partial charge in [-0.05, 0) is 43.4 Å². The van der Waals surface area contributed by atoms with Crippen molar-refractivity contribution in [3.8, 4) is 0 Å². The van der Waals surface area contributed by atoms with Gasteiger partial charge in [-0.3, -0.25) is 19.7 Å². The van der Waals surface area contributed by atoms with Gasteiger partial charge >= 0.3 is 0 Å². The molecule has 1 atom stereocenters. The molecule has 0 radical (unpaired) electrons. The van der Waals surface area contributed by atoms with Crippen molar-refractivity contribution in [3.63, 3.8) is 0 Å². The summed E-state index contributed by atoms with van der Waals surface area (Å²) in [6.45, 7) is 3.22. The average molecular weight is 356 g/mol. The van der Waals surface area contributed by atoms with Crippen molar-refractivity contribution < 1.29 is 14.4 Å². The van der Waals surface area contributed by atoms with Crippen LogP contribution in [0, 0.1) is 0 Å². The van der Waals surface area contributed by atoms with Gasteiger partial charge in [-0.1, -0.05) is 12.1 Å². The molecule has 0 spiro atoms. The molecule has 4 N–H and O–H groups in total. The van der Waals surface area contributed by atoms with Crippen molar-refractivity contribution in [2.45, 2.75) is 63.3 Å².